The van der Waals surface area contributed by atoms with Crippen molar-refractivity contribution >= 4 is 34.7 Å². The molecule has 1 aromatic heterocycles. The van der Waals surface area contributed by atoms with Crippen LogP contribution in [0, 0.1) is 12.8 Å². The largest absolute Gasteiger partial charge is 0.366 e. The van der Waals surface area contributed by atoms with Gasteiger partial charge in [0.05, 0.1) is 12.0 Å². The van der Waals surface area contributed by atoms with Crippen molar-refractivity contribution in [3.8, 4) is 0 Å². The summed E-state index contributed by atoms with van der Waals surface area (Å²) in [6.07, 6.45) is 0.142. The molecule has 0 saturated carbocycles. The van der Waals surface area contributed by atoms with Crippen LogP contribution in [0.15, 0.2) is 66.0 Å². The van der Waals surface area contributed by atoms with E-state index in [0.29, 0.717) is 5.56 Å². The van der Waals surface area contributed by atoms with Gasteiger partial charge < -0.3 is 16.0 Å². The first-order chi connectivity index (χ1) is 14.9. The molecule has 1 aliphatic heterocycles. The Hall–Kier alpha value is -3.45. The number of aryl methyl sites for hydroxylation is 1. The van der Waals surface area contributed by atoms with E-state index in [1.807, 2.05) is 54.8 Å². The second kappa shape index (κ2) is 8.73. The zero-order valence-corrected chi connectivity index (χ0v) is 17.9. The van der Waals surface area contributed by atoms with Crippen molar-refractivity contribution in [2.45, 2.75) is 25.9 Å². The van der Waals surface area contributed by atoms with Gasteiger partial charge in [-0.3, -0.25) is 14.4 Å². The Kier molecular flexibility index (Phi) is 5.86. The van der Waals surface area contributed by atoms with Gasteiger partial charge >= 0.3 is 0 Å². The van der Waals surface area contributed by atoms with Gasteiger partial charge in [-0.15, -0.1) is 11.3 Å². The van der Waals surface area contributed by atoms with Crippen molar-refractivity contribution < 1.29 is 14.4 Å². The molecule has 2 atom stereocenters. The maximum atomic E-state index is 13.1. The van der Waals surface area contributed by atoms with E-state index < -0.39 is 11.8 Å². The van der Waals surface area contributed by atoms with Crippen LogP contribution in [0.3, 0.4) is 0 Å². The van der Waals surface area contributed by atoms with Crippen molar-refractivity contribution in [3.63, 3.8) is 0 Å². The Labute approximate surface area is 184 Å². The maximum absolute atomic E-state index is 13.1. The highest BCUT2D eigenvalue weighted by Crippen LogP contribution is 2.43. The molecule has 6 nitrogen and oxygen atoms in total. The molecule has 2 unspecified atom stereocenters. The predicted molar refractivity (Wildman–Crippen MR) is 121 cm³/mol. The number of rotatable bonds is 6. The molecule has 4 rings (SSSR count). The summed E-state index contributed by atoms with van der Waals surface area (Å²) < 4.78 is 0. The third-order valence-corrected chi connectivity index (χ3v) is 6.43. The fraction of sp³-hybridized carbons (Fsp3) is 0.208. The minimum atomic E-state index is -0.513. The van der Waals surface area contributed by atoms with E-state index in [0.717, 1.165) is 21.7 Å². The molecule has 0 radical (unpaired) electrons. The van der Waals surface area contributed by atoms with Crippen molar-refractivity contribution in [2.24, 2.45) is 11.7 Å². The van der Waals surface area contributed by atoms with Crippen molar-refractivity contribution in [3.05, 3.63) is 87.6 Å². The number of primary amides is 1. The summed E-state index contributed by atoms with van der Waals surface area (Å²) in [5, 5.41) is 4.89. The van der Waals surface area contributed by atoms with Gasteiger partial charge in [0.15, 0.2) is 0 Å². The Morgan fingerprint density at radius 2 is 1.90 bits per heavy atom. The number of hydrogen-bond acceptors (Lipinski definition) is 4. The maximum Gasteiger partial charge on any atom is 0.248 e. The van der Waals surface area contributed by atoms with Crippen molar-refractivity contribution in [1.29, 1.82) is 0 Å². The first-order valence-electron chi connectivity index (χ1n) is 10.0. The molecule has 3 aromatic rings. The summed E-state index contributed by atoms with van der Waals surface area (Å²) in [6, 6.07) is 18.2. The van der Waals surface area contributed by atoms with Crippen LogP contribution >= 0.6 is 11.3 Å². The van der Waals surface area contributed by atoms with E-state index in [9.17, 15) is 14.4 Å². The highest BCUT2D eigenvalue weighted by molar-refractivity contribution is 7.10. The van der Waals surface area contributed by atoms with Crippen LogP contribution in [-0.4, -0.2) is 17.7 Å². The quantitative estimate of drug-likeness (QED) is 0.622. The molecule has 1 aliphatic rings. The number of nitrogens with one attached hydrogen (secondary N) is 1. The first kappa shape index (κ1) is 20.8. The number of nitrogens with zero attached hydrogens (tertiary/aromatic N) is 1. The summed E-state index contributed by atoms with van der Waals surface area (Å²) >= 11 is 1.54. The minimum absolute atomic E-state index is 0.0712. The molecule has 2 heterocycles. The molecule has 7 heteroatoms. The van der Waals surface area contributed by atoms with E-state index in [-0.39, 0.29) is 30.8 Å². The van der Waals surface area contributed by atoms with Crippen LogP contribution in [0.1, 0.15) is 38.8 Å². The summed E-state index contributed by atoms with van der Waals surface area (Å²) in [6.45, 7) is 2.25. The first-order valence-corrected chi connectivity index (χ1v) is 10.9. The second-order valence-electron chi connectivity index (χ2n) is 7.65. The van der Waals surface area contributed by atoms with Gasteiger partial charge in [0.2, 0.25) is 17.7 Å². The number of nitrogens with two attached hydrogens (primary N) is 1. The summed E-state index contributed by atoms with van der Waals surface area (Å²) in [5.41, 5.74) is 8.40. The van der Waals surface area contributed by atoms with Crippen LogP contribution in [0.5, 0.6) is 0 Å². The molecule has 3 N–H and O–H groups in total. The van der Waals surface area contributed by atoms with Crippen molar-refractivity contribution in [1.82, 2.24) is 5.32 Å². The lowest BCUT2D eigenvalue weighted by Crippen LogP contribution is -2.35. The molecule has 0 bridgehead atoms. The van der Waals surface area contributed by atoms with E-state index in [4.69, 9.17) is 5.73 Å². The number of hydrogen-bond donors (Lipinski definition) is 2. The van der Waals surface area contributed by atoms with Gasteiger partial charge in [0, 0.05) is 29.1 Å². The standard InChI is InChI=1S/C24H23N3O3S/c1-15-7-9-18(10-8-15)27-21(28)13-19(22(27)20-6-3-11-31-20)24(30)26-14-16-4-2-5-17(12-16)23(25)29/h2-12,19,22H,13-14H2,1H3,(H2,25,29)(H,26,30). The fourth-order valence-electron chi connectivity index (χ4n) is 3.92. The highest BCUT2D eigenvalue weighted by Gasteiger charge is 2.45. The molecule has 158 valence electrons. The average Bonchev–Trinajstić information content (AvgIpc) is 3.40. The third kappa shape index (κ3) is 4.36. The van der Waals surface area contributed by atoms with Gasteiger partial charge in [-0.05, 0) is 48.2 Å². The zero-order valence-electron chi connectivity index (χ0n) is 17.1. The van der Waals surface area contributed by atoms with Crippen LogP contribution in [0.25, 0.3) is 0 Å². The topological polar surface area (TPSA) is 92.5 Å². The smallest absolute Gasteiger partial charge is 0.248 e. The van der Waals surface area contributed by atoms with Crippen molar-refractivity contribution in [2.75, 3.05) is 4.90 Å². The van der Waals surface area contributed by atoms with Crippen LogP contribution in [-0.2, 0) is 16.1 Å². The molecular formula is C24H23N3O3S. The zero-order chi connectivity index (χ0) is 22.0. The molecule has 3 amide bonds. The van der Waals surface area contributed by atoms with Crippen LogP contribution < -0.4 is 16.0 Å². The SMILES string of the molecule is Cc1ccc(N2C(=O)CC(C(=O)NCc3cccc(C(N)=O)c3)C2c2cccs2)cc1. The lowest BCUT2D eigenvalue weighted by molar-refractivity contribution is -0.126. The lowest BCUT2D eigenvalue weighted by Gasteiger charge is -2.27. The second-order valence-corrected chi connectivity index (χ2v) is 8.63. The van der Waals surface area contributed by atoms with Crippen LogP contribution in [0.4, 0.5) is 5.69 Å². The molecule has 1 fully saturated rings. The van der Waals surface area contributed by atoms with Gasteiger partial charge in [-0.25, -0.2) is 0 Å². The third-order valence-electron chi connectivity index (χ3n) is 5.48. The van der Waals surface area contributed by atoms with E-state index in [1.165, 1.54) is 11.3 Å². The lowest BCUT2D eigenvalue weighted by atomic mass is 9.97. The van der Waals surface area contributed by atoms with Gasteiger partial charge in [-0.2, -0.15) is 0 Å². The Morgan fingerprint density at radius 1 is 1.13 bits per heavy atom. The molecule has 0 spiro atoms. The number of thiophene rings is 1. The molecule has 0 aliphatic carbocycles. The summed E-state index contributed by atoms with van der Waals surface area (Å²) in [7, 11) is 0. The molecule has 2 aromatic carbocycles. The van der Waals surface area contributed by atoms with Gasteiger partial charge in [0.1, 0.15) is 0 Å². The summed E-state index contributed by atoms with van der Waals surface area (Å²) in [5.74, 6) is -1.28. The van der Waals surface area contributed by atoms with E-state index in [1.54, 1.807) is 23.1 Å². The number of carbonyl (C=O) groups excluding carboxylic acids is 3. The van der Waals surface area contributed by atoms with Gasteiger partial charge in [-0.1, -0.05) is 35.9 Å². The monoisotopic (exact) mass is 433 g/mol. The van der Waals surface area contributed by atoms with E-state index in [2.05, 4.69) is 5.32 Å². The molecular weight excluding hydrogens is 410 g/mol. The number of anilines is 1. The average molecular weight is 434 g/mol. The Morgan fingerprint density at radius 3 is 2.58 bits per heavy atom. The number of carbonyl (C=O) groups is 3. The van der Waals surface area contributed by atoms with Gasteiger partial charge in [0.25, 0.3) is 0 Å². The Balaban J connectivity index is 1.57. The van der Waals surface area contributed by atoms with Crippen LogP contribution in [0.2, 0.25) is 0 Å². The summed E-state index contributed by atoms with van der Waals surface area (Å²) in [4.78, 5) is 40.2. The number of amides is 3. The van der Waals surface area contributed by atoms with E-state index >= 15 is 0 Å². The predicted octanol–water partition coefficient (Wildman–Crippen LogP) is 3.57. The molecule has 1 saturated heterocycles. The normalized spacial score (nSPS) is 18.2. The minimum Gasteiger partial charge on any atom is -0.366 e. The number of benzene rings is 2. The fourth-order valence-corrected chi connectivity index (χ4v) is 4.80. The Bertz CT molecular complexity index is 1110. The highest BCUT2D eigenvalue weighted by atomic mass is 32.1. The molecule has 31 heavy (non-hydrogen) atoms.